The van der Waals surface area contributed by atoms with Crippen molar-refractivity contribution in [1.29, 1.82) is 5.26 Å². The molecule has 0 spiro atoms. The van der Waals surface area contributed by atoms with E-state index < -0.39 is 23.9 Å². The maximum absolute atomic E-state index is 16.8. The summed E-state index contributed by atoms with van der Waals surface area (Å²) in [5.74, 6) is -1.13. The largest absolute Gasteiger partial charge is 0.467 e. The molecule has 2 aromatic heterocycles. The lowest BCUT2D eigenvalue weighted by molar-refractivity contribution is -0.395. The van der Waals surface area contributed by atoms with Crippen LogP contribution in [-0.2, 0) is 18.0 Å². The molecule has 4 saturated heterocycles. The number of benzene rings is 2. The Morgan fingerprint density at radius 2 is 1.76 bits per heavy atom. The van der Waals surface area contributed by atoms with Gasteiger partial charge in [0, 0.05) is 59.0 Å². The molecule has 7 heterocycles. The van der Waals surface area contributed by atoms with E-state index in [-0.39, 0.29) is 77.0 Å². The fourth-order valence-electron chi connectivity index (χ4n) is 8.59. The van der Waals surface area contributed by atoms with Crippen LogP contribution in [0.15, 0.2) is 12.1 Å². The Labute approximate surface area is 289 Å². The monoisotopic (exact) mass is 711 g/mol. The standard InChI is InChI=1S/C27H24F2N6O5S.C7H12FN/c1-39-26-32-23-20(25(33-26)35-11-2-3-12(35)8-34(7-11)27(36,37)38)15-10-40-9-14(15)19(22(23)29)21-16(28)4-5-17-18(21)13(6-30)24(31)41-17;8-6-4-7-2-1-3-9(7)5-6/h4-5,11-12,36-38H,2-3,7-10,31H2,1H3;6-7H,1-5H2. The van der Waals surface area contributed by atoms with Crippen LogP contribution in [0.25, 0.3) is 32.1 Å². The number of aliphatic hydroxyl groups is 3. The SMILES string of the molecule is COc1nc(N2C3CCC2CN(C(O)(O)O)C3)c2c3c(c(-c4c(F)ccc5sc(N)c(C#N)c45)c(F)c2n1)COC3.FC1CC2CCCN2C1. The summed E-state index contributed by atoms with van der Waals surface area (Å²) in [6.45, 7) is 2.20. The van der Waals surface area contributed by atoms with Crippen LogP contribution in [0.2, 0.25) is 0 Å². The number of ether oxygens (including phenoxy) is 2. The van der Waals surface area contributed by atoms with E-state index in [2.05, 4.69) is 14.9 Å². The van der Waals surface area contributed by atoms with E-state index in [1.54, 1.807) is 0 Å². The molecule has 0 amide bonds. The van der Waals surface area contributed by atoms with Gasteiger partial charge < -0.3 is 35.4 Å². The zero-order valence-electron chi connectivity index (χ0n) is 27.2. The van der Waals surface area contributed by atoms with Crippen LogP contribution in [-0.4, -0.2) is 98.8 Å². The van der Waals surface area contributed by atoms with Crippen molar-refractivity contribution in [1.82, 2.24) is 19.8 Å². The molecule has 0 saturated carbocycles. The van der Waals surface area contributed by atoms with E-state index in [1.807, 2.05) is 11.0 Å². The second-order valence-corrected chi connectivity index (χ2v) is 14.7. The second kappa shape index (κ2) is 12.4. The van der Waals surface area contributed by atoms with Crippen LogP contribution in [0, 0.1) is 23.0 Å². The van der Waals surface area contributed by atoms with Gasteiger partial charge in [-0.15, -0.1) is 11.3 Å². The molecule has 4 unspecified atom stereocenters. The molecule has 4 fully saturated rings. The van der Waals surface area contributed by atoms with Gasteiger partial charge in [0.1, 0.15) is 34.4 Å². The zero-order valence-corrected chi connectivity index (χ0v) is 28.0. The average Bonchev–Trinajstić information content (AvgIpc) is 3.90. The summed E-state index contributed by atoms with van der Waals surface area (Å²) in [4.78, 5) is 14.4. The number of nitriles is 1. The topological polar surface area (TPSA) is 164 Å². The Hall–Kier alpha value is -3.82. The first kappa shape index (κ1) is 33.3. The van der Waals surface area contributed by atoms with Crippen LogP contribution >= 0.6 is 11.3 Å². The Morgan fingerprint density at radius 3 is 2.44 bits per heavy atom. The minimum absolute atomic E-state index is 0.00300. The van der Waals surface area contributed by atoms with Crippen molar-refractivity contribution in [3.8, 4) is 23.2 Å². The molecule has 9 rings (SSSR count). The summed E-state index contributed by atoms with van der Waals surface area (Å²) >= 11 is 1.13. The van der Waals surface area contributed by atoms with E-state index in [0.717, 1.165) is 24.3 Å². The van der Waals surface area contributed by atoms with Gasteiger partial charge in [-0.3, -0.25) is 4.90 Å². The highest BCUT2D eigenvalue weighted by molar-refractivity contribution is 7.23. The smallest absolute Gasteiger partial charge is 0.345 e. The Bertz CT molecular complexity index is 2030. The van der Waals surface area contributed by atoms with Crippen molar-refractivity contribution in [2.45, 2.75) is 75.7 Å². The van der Waals surface area contributed by atoms with Crippen LogP contribution in [0.4, 0.5) is 24.0 Å². The van der Waals surface area contributed by atoms with Gasteiger partial charge in [-0.25, -0.2) is 18.1 Å². The van der Waals surface area contributed by atoms with Crippen molar-refractivity contribution in [3.05, 3.63) is 40.5 Å². The molecule has 4 atom stereocenters. The molecule has 0 radical (unpaired) electrons. The fourth-order valence-corrected chi connectivity index (χ4v) is 9.52. The van der Waals surface area contributed by atoms with Gasteiger partial charge in [-0.2, -0.15) is 15.2 Å². The van der Waals surface area contributed by atoms with Gasteiger partial charge in [0.15, 0.2) is 5.82 Å². The van der Waals surface area contributed by atoms with Gasteiger partial charge >= 0.3 is 12.1 Å². The molecule has 16 heteroatoms. The number of aromatic nitrogens is 2. The third-order valence-corrected chi connectivity index (χ3v) is 11.7. The molecule has 2 bridgehead atoms. The van der Waals surface area contributed by atoms with Crippen molar-refractivity contribution >= 4 is 43.1 Å². The number of halogens is 3. The van der Waals surface area contributed by atoms with Crippen molar-refractivity contribution in [2.24, 2.45) is 0 Å². The number of nitrogens with two attached hydrogens (primary N) is 1. The Kier molecular flexibility index (Phi) is 8.30. The lowest BCUT2D eigenvalue weighted by Gasteiger charge is -2.44. The van der Waals surface area contributed by atoms with E-state index in [9.17, 15) is 25.0 Å². The molecule has 12 nitrogen and oxygen atoms in total. The van der Waals surface area contributed by atoms with Crippen molar-refractivity contribution in [2.75, 3.05) is 43.9 Å². The summed E-state index contributed by atoms with van der Waals surface area (Å²) in [6.07, 6.45) is 1.20. The van der Waals surface area contributed by atoms with Crippen LogP contribution in [0.5, 0.6) is 6.01 Å². The summed E-state index contributed by atoms with van der Waals surface area (Å²) in [7, 11) is 1.36. The van der Waals surface area contributed by atoms with Gasteiger partial charge in [0.25, 0.3) is 0 Å². The molecule has 2 aromatic carbocycles. The number of thiophene rings is 1. The van der Waals surface area contributed by atoms with Crippen molar-refractivity contribution < 1.29 is 38.0 Å². The number of likely N-dealkylation sites (tertiary alicyclic amines) is 1. The third kappa shape index (κ3) is 5.34. The molecule has 5 aliphatic heterocycles. The zero-order chi connectivity index (χ0) is 35.1. The molecular formula is C34H36F3N7O5S. The molecule has 50 heavy (non-hydrogen) atoms. The molecule has 0 aliphatic carbocycles. The number of alkyl halides is 1. The number of nitrogen functional groups attached to an aromatic ring is 1. The Balaban J connectivity index is 0.000000346. The molecule has 5 aliphatic rings. The molecule has 5 N–H and O–H groups in total. The molecular weight excluding hydrogens is 675 g/mol. The predicted octanol–water partition coefficient (Wildman–Crippen LogP) is 3.72. The maximum atomic E-state index is 16.8. The number of nitrogens with zero attached hydrogens (tertiary/aromatic N) is 6. The van der Waals surface area contributed by atoms with Gasteiger partial charge in [-0.05, 0) is 61.9 Å². The maximum Gasteiger partial charge on any atom is 0.345 e. The summed E-state index contributed by atoms with van der Waals surface area (Å²) in [5.41, 5.74) is 6.95. The summed E-state index contributed by atoms with van der Waals surface area (Å²) in [6, 6.07) is 4.74. The number of anilines is 2. The number of fused-ring (bicyclic) bond motifs is 7. The summed E-state index contributed by atoms with van der Waals surface area (Å²) in [5, 5.41) is 40.1. The highest BCUT2D eigenvalue weighted by Gasteiger charge is 2.47. The van der Waals surface area contributed by atoms with E-state index in [1.165, 1.54) is 37.0 Å². The fraction of sp³-hybridized carbons (Fsp3) is 0.500. The molecule has 4 aromatic rings. The first-order chi connectivity index (χ1) is 24.0. The van der Waals surface area contributed by atoms with Gasteiger partial charge in [0.05, 0.1) is 31.3 Å². The summed E-state index contributed by atoms with van der Waals surface area (Å²) < 4.78 is 56.8. The lowest BCUT2D eigenvalue weighted by atomic mass is 9.90. The van der Waals surface area contributed by atoms with Gasteiger partial charge in [0.2, 0.25) is 0 Å². The van der Waals surface area contributed by atoms with Crippen molar-refractivity contribution in [3.63, 3.8) is 0 Å². The predicted molar refractivity (Wildman–Crippen MR) is 179 cm³/mol. The third-order valence-electron chi connectivity index (χ3n) is 10.7. The molecule has 264 valence electrons. The first-order valence-corrected chi connectivity index (χ1v) is 17.5. The number of hydrogen-bond donors (Lipinski definition) is 4. The number of methoxy groups -OCH3 is 1. The number of piperazine rings is 1. The normalized spacial score (nSPS) is 24.8. The van der Waals surface area contributed by atoms with E-state index >= 15 is 8.78 Å². The Morgan fingerprint density at radius 1 is 1.02 bits per heavy atom. The van der Waals surface area contributed by atoms with Crippen LogP contribution in [0.1, 0.15) is 48.8 Å². The minimum atomic E-state index is -2.97. The minimum Gasteiger partial charge on any atom is -0.467 e. The number of rotatable bonds is 4. The highest BCUT2D eigenvalue weighted by atomic mass is 32.1. The first-order valence-electron chi connectivity index (χ1n) is 16.6. The lowest BCUT2D eigenvalue weighted by Crippen LogP contribution is -2.61. The average molecular weight is 712 g/mol. The van der Waals surface area contributed by atoms with Crippen LogP contribution in [0.3, 0.4) is 0 Å². The van der Waals surface area contributed by atoms with Crippen LogP contribution < -0.4 is 15.4 Å². The van der Waals surface area contributed by atoms with E-state index in [0.29, 0.717) is 52.5 Å². The second-order valence-electron chi connectivity index (χ2n) is 13.6. The van der Waals surface area contributed by atoms with E-state index in [4.69, 9.17) is 15.2 Å². The highest BCUT2D eigenvalue weighted by Crippen LogP contribution is 2.49. The number of hydrogen-bond acceptors (Lipinski definition) is 13. The quantitative estimate of drug-likeness (QED) is 0.227. The van der Waals surface area contributed by atoms with Gasteiger partial charge in [-0.1, -0.05) is 0 Å².